The first kappa shape index (κ1) is 19.4. The van der Waals surface area contributed by atoms with Gasteiger partial charge in [0, 0.05) is 17.8 Å². The predicted octanol–water partition coefficient (Wildman–Crippen LogP) is 1.35. The van der Waals surface area contributed by atoms with Gasteiger partial charge < -0.3 is 21.5 Å². The molecule has 0 spiro atoms. The summed E-state index contributed by atoms with van der Waals surface area (Å²) in [6.07, 6.45) is 0.462. The van der Waals surface area contributed by atoms with E-state index in [1.165, 1.54) is 0 Å². The quantitative estimate of drug-likeness (QED) is 0.636. The second kappa shape index (κ2) is 9.33. The van der Waals surface area contributed by atoms with E-state index in [2.05, 4.69) is 10.6 Å². The van der Waals surface area contributed by atoms with E-state index in [4.69, 9.17) is 10.8 Å². The van der Waals surface area contributed by atoms with Crippen LogP contribution in [0.2, 0.25) is 0 Å². The van der Waals surface area contributed by atoms with Crippen molar-refractivity contribution in [1.82, 2.24) is 0 Å². The number of aliphatic hydroxyl groups excluding tert-OH is 1. The fraction of sp³-hybridized carbons (Fsp3) is 0.429. The minimum Gasteiger partial charge on any atom is -0.394 e. The highest BCUT2D eigenvalue weighted by molar-refractivity contribution is 5.95. The zero-order valence-corrected chi connectivity index (χ0v) is 12.9. The van der Waals surface area contributed by atoms with Gasteiger partial charge >= 0.3 is 0 Å². The van der Waals surface area contributed by atoms with Crippen LogP contribution in [0.1, 0.15) is 20.3 Å². The van der Waals surface area contributed by atoms with Crippen molar-refractivity contribution in [2.24, 2.45) is 11.7 Å². The van der Waals surface area contributed by atoms with E-state index in [1.54, 1.807) is 24.3 Å². The van der Waals surface area contributed by atoms with Crippen molar-refractivity contribution >= 4 is 35.6 Å². The molecular weight excluding hydrogens is 294 g/mol. The highest BCUT2D eigenvalue weighted by atomic mass is 35.5. The van der Waals surface area contributed by atoms with Gasteiger partial charge in [-0.25, -0.2) is 0 Å². The second-order valence-electron chi connectivity index (χ2n) is 5.00. The summed E-state index contributed by atoms with van der Waals surface area (Å²) in [5, 5.41) is 14.1. The molecular formula is C14H22ClN3O3. The zero-order valence-electron chi connectivity index (χ0n) is 12.1. The molecule has 1 rings (SSSR count). The Morgan fingerprint density at radius 1 is 1.14 bits per heavy atom. The summed E-state index contributed by atoms with van der Waals surface area (Å²) >= 11 is 0. The second-order valence-corrected chi connectivity index (χ2v) is 5.00. The fourth-order valence-corrected chi connectivity index (χ4v) is 1.54. The van der Waals surface area contributed by atoms with Gasteiger partial charge in [0.1, 0.15) is 6.04 Å². The molecule has 0 saturated heterocycles. The Bertz CT molecular complexity index is 463. The average molecular weight is 316 g/mol. The predicted molar refractivity (Wildman–Crippen MR) is 85.5 cm³/mol. The van der Waals surface area contributed by atoms with Gasteiger partial charge in [-0.1, -0.05) is 13.8 Å². The summed E-state index contributed by atoms with van der Waals surface area (Å²) in [6.45, 7) is 3.54. The van der Waals surface area contributed by atoms with Crippen LogP contribution in [0.5, 0.6) is 0 Å². The molecule has 7 heteroatoms. The molecule has 1 aromatic rings. The number of aliphatic hydroxyl groups is 1. The molecule has 0 bridgehead atoms. The Balaban J connectivity index is 0.00000400. The van der Waals surface area contributed by atoms with Crippen molar-refractivity contribution in [2.45, 2.75) is 26.3 Å². The zero-order chi connectivity index (χ0) is 15.1. The van der Waals surface area contributed by atoms with Crippen molar-refractivity contribution in [3.63, 3.8) is 0 Å². The molecule has 0 unspecified atom stereocenters. The summed E-state index contributed by atoms with van der Waals surface area (Å²) in [5.74, 6) is -0.197. The van der Waals surface area contributed by atoms with Gasteiger partial charge in [-0.3, -0.25) is 9.59 Å². The maximum Gasteiger partial charge on any atom is 0.243 e. The summed E-state index contributed by atoms with van der Waals surface area (Å²) < 4.78 is 0. The van der Waals surface area contributed by atoms with Crippen molar-refractivity contribution in [2.75, 3.05) is 17.2 Å². The van der Waals surface area contributed by atoms with E-state index in [0.717, 1.165) is 0 Å². The number of halogens is 1. The number of carbonyl (C=O) groups excluding carboxylic acids is 2. The number of hydrogen-bond acceptors (Lipinski definition) is 4. The summed E-state index contributed by atoms with van der Waals surface area (Å²) in [4.78, 5) is 23.1. The number of carbonyl (C=O) groups is 2. The van der Waals surface area contributed by atoms with E-state index in [9.17, 15) is 9.59 Å². The van der Waals surface area contributed by atoms with Crippen LogP contribution in [0.3, 0.4) is 0 Å². The van der Waals surface area contributed by atoms with Crippen LogP contribution < -0.4 is 16.4 Å². The normalized spacial score (nSPS) is 11.5. The Labute approximate surface area is 130 Å². The van der Waals surface area contributed by atoms with Gasteiger partial charge in [0.25, 0.3) is 0 Å². The molecule has 0 aliphatic carbocycles. The van der Waals surface area contributed by atoms with Gasteiger partial charge in [-0.05, 0) is 30.2 Å². The molecule has 21 heavy (non-hydrogen) atoms. The number of amides is 2. The lowest BCUT2D eigenvalue weighted by molar-refractivity contribution is -0.118. The molecule has 6 nitrogen and oxygen atoms in total. The Kier molecular flexibility index (Phi) is 8.61. The van der Waals surface area contributed by atoms with Crippen molar-refractivity contribution in [3.8, 4) is 0 Å². The lowest BCUT2D eigenvalue weighted by atomic mass is 10.1. The molecule has 0 aliphatic heterocycles. The molecule has 1 aromatic carbocycles. The first-order valence-corrected chi connectivity index (χ1v) is 6.49. The maximum atomic E-state index is 11.6. The Morgan fingerprint density at radius 2 is 1.62 bits per heavy atom. The Morgan fingerprint density at radius 3 is 2.05 bits per heavy atom. The topological polar surface area (TPSA) is 104 Å². The number of anilines is 2. The SMILES string of the molecule is CC(C)CC(=O)Nc1ccc(NC(=O)[C@@H](N)CO)cc1.Cl. The smallest absolute Gasteiger partial charge is 0.243 e. The van der Waals surface area contributed by atoms with Crippen molar-refractivity contribution in [3.05, 3.63) is 24.3 Å². The lowest BCUT2D eigenvalue weighted by Gasteiger charge is -2.11. The first-order valence-electron chi connectivity index (χ1n) is 6.49. The molecule has 0 aliphatic rings. The molecule has 0 fully saturated rings. The van der Waals surface area contributed by atoms with Crippen LogP contribution in [0.25, 0.3) is 0 Å². The number of nitrogens with two attached hydrogens (primary N) is 1. The van der Waals surface area contributed by atoms with Crippen LogP contribution in [0.4, 0.5) is 11.4 Å². The minimum absolute atomic E-state index is 0. The van der Waals surface area contributed by atoms with Crippen LogP contribution in [0, 0.1) is 5.92 Å². The molecule has 2 amide bonds. The van der Waals surface area contributed by atoms with Gasteiger partial charge in [0.15, 0.2) is 0 Å². The third-order valence-electron chi connectivity index (χ3n) is 2.56. The fourth-order valence-electron chi connectivity index (χ4n) is 1.54. The number of benzene rings is 1. The van der Waals surface area contributed by atoms with E-state index >= 15 is 0 Å². The van der Waals surface area contributed by atoms with E-state index in [1.807, 2.05) is 13.8 Å². The highest BCUT2D eigenvalue weighted by Gasteiger charge is 2.12. The third kappa shape index (κ3) is 7.08. The Hall–Kier alpha value is -1.63. The average Bonchev–Trinajstić information content (AvgIpc) is 2.39. The van der Waals surface area contributed by atoms with Crippen LogP contribution in [-0.4, -0.2) is 29.6 Å². The molecule has 0 aromatic heterocycles. The first-order chi connectivity index (χ1) is 9.42. The number of rotatable bonds is 6. The third-order valence-corrected chi connectivity index (χ3v) is 2.56. The molecule has 0 heterocycles. The van der Waals surface area contributed by atoms with Crippen molar-refractivity contribution in [1.29, 1.82) is 0 Å². The largest absolute Gasteiger partial charge is 0.394 e. The van der Waals surface area contributed by atoms with E-state index in [-0.39, 0.29) is 18.3 Å². The van der Waals surface area contributed by atoms with Crippen LogP contribution >= 0.6 is 12.4 Å². The standard InChI is InChI=1S/C14H21N3O3.ClH/c1-9(2)7-13(19)16-10-3-5-11(6-4-10)17-14(20)12(15)8-18;/h3-6,9,12,18H,7-8,15H2,1-2H3,(H,16,19)(H,17,20);1H/t12-;/m0./s1. The lowest BCUT2D eigenvalue weighted by Crippen LogP contribution is -2.38. The van der Waals surface area contributed by atoms with Crippen LogP contribution in [0.15, 0.2) is 24.3 Å². The van der Waals surface area contributed by atoms with Gasteiger partial charge in [0.05, 0.1) is 6.61 Å². The molecule has 118 valence electrons. The summed E-state index contributed by atoms with van der Waals surface area (Å²) in [5.41, 5.74) is 6.61. The molecule has 1 atom stereocenters. The summed E-state index contributed by atoms with van der Waals surface area (Å²) in [7, 11) is 0. The maximum absolute atomic E-state index is 11.6. The molecule has 5 N–H and O–H groups in total. The van der Waals surface area contributed by atoms with E-state index in [0.29, 0.717) is 23.7 Å². The number of hydrogen-bond donors (Lipinski definition) is 4. The number of nitrogens with one attached hydrogen (secondary N) is 2. The molecule has 0 saturated carbocycles. The minimum atomic E-state index is -0.944. The van der Waals surface area contributed by atoms with E-state index < -0.39 is 18.6 Å². The summed E-state index contributed by atoms with van der Waals surface area (Å²) in [6, 6.07) is 5.76. The van der Waals surface area contributed by atoms with Crippen molar-refractivity contribution < 1.29 is 14.7 Å². The van der Waals surface area contributed by atoms with Gasteiger partial charge in [-0.15, -0.1) is 12.4 Å². The van der Waals surface area contributed by atoms with Gasteiger partial charge in [0.2, 0.25) is 11.8 Å². The van der Waals surface area contributed by atoms with Crippen LogP contribution in [-0.2, 0) is 9.59 Å². The molecule has 0 radical (unpaired) electrons. The monoisotopic (exact) mass is 315 g/mol. The van der Waals surface area contributed by atoms with Gasteiger partial charge in [-0.2, -0.15) is 0 Å². The highest BCUT2D eigenvalue weighted by Crippen LogP contribution is 2.14.